The quantitative estimate of drug-likeness (QED) is 0.772. The van der Waals surface area contributed by atoms with Gasteiger partial charge in [0.05, 0.1) is 12.7 Å². The predicted octanol–water partition coefficient (Wildman–Crippen LogP) is 1.50. The lowest BCUT2D eigenvalue weighted by molar-refractivity contribution is 0.422. The molecular weight excluding hydrogens is 194 g/mol. The Balaban J connectivity index is 2.29. The summed E-state index contributed by atoms with van der Waals surface area (Å²) in [4.78, 5) is 0. The molecule has 0 amide bonds. The first kappa shape index (κ1) is 9.64. The molecule has 1 aromatic heterocycles. The molecule has 0 aliphatic heterocycles. The maximum atomic E-state index is 12.0. The maximum Gasteiger partial charge on any atom is 0.113 e. The average molecular weight is 205 g/mol. The van der Waals surface area contributed by atoms with E-state index in [4.69, 9.17) is 5.73 Å². The highest BCUT2D eigenvalue weighted by molar-refractivity contribution is 5.62. The summed E-state index contributed by atoms with van der Waals surface area (Å²) in [7, 11) is 0. The van der Waals surface area contributed by atoms with E-state index in [0.29, 0.717) is 11.4 Å². The summed E-state index contributed by atoms with van der Waals surface area (Å²) in [5, 5.41) is 7.73. The van der Waals surface area contributed by atoms with Crippen molar-refractivity contribution in [1.82, 2.24) is 15.0 Å². The third kappa shape index (κ3) is 2.12. The molecule has 1 heterocycles. The van der Waals surface area contributed by atoms with Crippen LogP contribution in [0.3, 0.4) is 0 Å². The molecule has 0 aliphatic carbocycles. The highest BCUT2D eigenvalue weighted by Gasteiger charge is 2.03. The molecule has 0 fully saturated rings. The third-order valence-corrected chi connectivity index (χ3v) is 2.03. The van der Waals surface area contributed by atoms with E-state index in [0.717, 1.165) is 5.56 Å². The van der Waals surface area contributed by atoms with Gasteiger partial charge in [0.25, 0.3) is 0 Å². The molecule has 0 saturated heterocycles. The van der Waals surface area contributed by atoms with Crippen molar-refractivity contribution in [3.63, 3.8) is 0 Å². The van der Waals surface area contributed by atoms with E-state index < -0.39 is 6.67 Å². The lowest BCUT2D eigenvalue weighted by Gasteiger charge is -1.96. The molecule has 2 aromatic rings. The molecule has 2 rings (SSSR count). The summed E-state index contributed by atoms with van der Waals surface area (Å²) >= 11 is 0. The van der Waals surface area contributed by atoms with Crippen LogP contribution >= 0.6 is 0 Å². The van der Waals surface area contributed by atoms with Gasteiger partial charge in [0.2, 0.25) is 0 Å². The van der Waals surface area contributed by atoms with Crippen molar-refractivity contribution in [3.05, 3.63) is 30.5 Å². The number of anilines is 1. The van der Waals surface area contributed by atoms with Crippen molar-refractivity contribution in [1.29, 1.82) is 0 Å². The number of rotatable bonds is 3. The standard InChI is InChI=1S/C10H11FN4/c11-4-5-15-7-10(13-14-15)8-2-1-3-9(12)6-8/h1-3,6-7H,4-5,12H2/i11-1. The van der Waals surface area contributed by atoms with Gasteiger partial charge in [0.1, 0.15) is 12.4 Å². The van der Waals surface area contributed by atoms with Gasteiger partial charge in [0.15, 0.2) is 0 Å². The monoisotopic (exact) mass is 205 g/mol. The van der Waals surface area contributed by atoms with Gasteiger partial charge in [-0.15, -0.1) is 5.10 Å². The van der Waals surface area contributed by atoms with Crippen LogP contribution in [0.25, 0.3) is 11.3 Å². The fraction of sp³-hybridized carbons (Fsp3) is 0.200. The number of alkyl halides is 1. The molecule has 2 N–H and O–H groups in total. The second-order valence-electron chi connectivity index (χ2n) is 3.18. The minimum absolute atomic E-state index is 0.231. The van der Waals surface area contributed by atoms with Gasteiger partial charge >= 0.3 is 0 Å². The summed E-state index contributed by atoms with van der Waals surface area (Å²) in [6.45, 7) is -0.213. The zero-order chi connectivity index (χ0) is 10.7. The summed E-state index contributed by atoms with van der Waals surface area (Å²) in [5.74, 6) is 0. The Morgan fingerprint density at radius 1 is 1.40 bits per heavy atom. The van der Waals surface area contributed by atoms with Crippen molar-refractivity contribution < 1.29 is 4.39 Å². The van der Waals surface area contributed by atoms with E-state index in [1.807, 2.05) is 18.2 Å². The molecular formula is C10H11FN4. The van der Waals surface area contributed by atoms with Gasteiger partial charge in [-0.1, -0.05) is 17.3 Å². The van der Waals surface area contributed by atoms with Crippen molar-refractivity contribution in [3.8, 4) is 11.3 Å². The second-order valence-corrected chi connectivity index (χ2v) is 3.18. The highest BCUT2D eigenvalue weighted by Crippen LogP contribution is 2.18. The van der Waals surface area contributed by atoms with E-state index >= 15 is 0 Å². The first-order valence-corrected chi connectivity index (χ1v) is 4.61. The molecule has 1 aromatic carbocycles. The SMILES string of the molecule is Nc1cccc(-c2cn(CC[18F])nn2)c1. The topological polar surface area (TPSA) is 56.7 Å². The van der Waals surface area contributed by atoms with Gasteiger partial charge in [-0.05, 0) is 12.1 Å². The summed E-state index contributed by atoms with van der Waals surface area (Å²) in [6, 6.07) is 7.35. The van der Waals surface area contributed by atoms with Gasteiger partial charge in [-0.2, -0.15) is 0 Å². The largest absolute Gasteiger partial charge is 0.399 e. The number of nitrogens with two attached hydrogens (primary N) is 1. The van der Waals surface area contributed by atoms with Crippen molar-refractivity contribution in [2.45, 2.75) is 6.54 Å². The molecule has 0 spiro atoms. The molecule has 4 nitrogen and oxygen atoms in total. The Morgan fingerprint density at radius 2 is 2.27 bits per heavy atom. The molecule has 0 saturated carbocycles. The Bertz CT molecular complexity index is 452. The van der Waals surface area contributed by atoms with Crippen LogP contribution in [0.5, 0.6) is 0 Å². The number of nitrogen functional groups attached to an aromatic ring is 1. The second kappa shape index (κ2) is 4.08. The molecule has 0 bridgehead atoms. The normalized spacial score (nSPS) is 10.5. The van der Waals surface area contributed by atoms with Crippen molar-refractivity contribution >= 4 is 5.69 Å². The van der Waals surface area contributed by atoms with Crippen LogP contribution in [0.4, 0.5) is 10.1 Å². The number of hydrogen-bond acceptors (Lipinski definition) is 3. The number of nitrogens with zero attached hydrogens (tertiary/aromatic N) is 3. The van der Waals surface area contributed by atoms with Crippen LogP contribution < -0.4 is 5.73 Å². The minimum atomic E-state index is -0.445. The van der Waals surface area contributed by atoms with Crippen LogP contribution in [-0.4, -0.2) is 21.7 Å². The highest BCUT2D eigenvalue weighted by atomic mass is 18.2. The lowest BCUT2D eigenvalue weighted by Crippen LogP contribution is -1.99. The zero-order valence-electron chi connectivity index (χ0n) is 8.10. The molecule has 0 atom stereocenters. The smallest absolute Gasteiger partial charge is 0.113 e. The minimum Gasteiger partial charge on any atom is -0.399 e. The average Bonchev–Trinajstić information content (AvgIpc) is 2.67. The maximum absolute atomic E-state index is 12.0. The first-order chi connectivity index (χ1) is 7.29. The molecule has 0 unspecified atom stereocenters. The number of benzene rings is 1. The fourth-order valence-electron chi connectivity index (χ4n) is 1.32. The summed E-state index contributed by atoms with van der Waals surface area (Å²) < 4.78 is 13.5. The van der Waals surface area contributed by atoms with Crippen molar-refractivity contribution in [2.75, 3.05) is 12.4 Å². The number of hydrogen-bond donors (Lipinski definition) is 1. The van der Waals surface area contributed by atoms with Gasteiger partial charge in [-0.25, -0.2) is 9.07 Å². The Morgan fingerprint density at radius 3 is 3.00 bits per heavy atom. The van der Waals surface area contributed by atoms with Crippen LogP contribution in [0, 0.1) is 0 Å². The molecule has 5 heteroatoms. The van der Waals surface area contributed by atoms with Crippen molar-refractivity contribution in [2.24, 2.45) is 0 Å². The van der Waals surface area contributed by atoms with E-state index in [9.17, 15) is 4.39 Å². The summed E-state index contributed by atoms with van der Waals surface area (Å²) in [5.41, 5.74) is 7.91. The molecule has 0 aliphatic rings. The summed E-state index contributed by atoms with van der Waals surface area (Å²) in [6.07, 6.45) is 1.70. The number of aryl methyl sites for hydroxylation is 1. The van der Waals surface area contributed by atoms with E-state index in [-0.39, 0.29) is 6.54 Å². The molecule has 78 valence electrons. The van der Waals surface area contributed by atoms with Crippen LogP contribution in [0.1, 0.15) is 0 Å². The Labute approximate surface area is 86.5 Å². The third-order valence-electron chi connectivity index (χ3n) is 2.03. The predicted molar refractivity (Wildman–Crippen MR) is 55.8 cm³/mol. The Kier molecular flexibility index (Phi) is 2.62. The first-order valence-electron chi connectivity index (χ1n) is 4.61. The van der Waals surface area contributed by atoms with Crippen LogP contribution in [0.2, 0.25) is 0 Å². The van der Waals surface area contributed by atoms with Gasteiger partial charge < -0.3 is 5.73 Å². The van der Waals surface area contributed by atoms with Crippen LogP contribution in [0.15, 0.2) is 30.5 Å². The lowest BCUT2D eigenvalue weighted by atomic mass is 10.1. The number of halogens is 1. The zero-order valence-corrected chi connectivity index (χ0v) is 8.10. The van der Waals surface area contributed by atoms with E-state index in [1.54, 1.807) is 12.3 Å². The van der Waals surface area contributed by atoms with Gasteiger partial charge in [0, 0.05) is 11.3 Å². The molecule has 15 heavy (non-hydrogen) atoms. The van der Waals surface area contributed by atoms with E-state index in [2.05, 4.69) is 10.3 Å². The Hall–Kier alpha value is -1.91. The van der Waals surface area contributed by atoms with E-state index in [1.165, 1.54) is 4.68 Å². The van der Waals surface area contributed by atoms with Gasteiger partial charge in [-0.3, -0.25) is 0 Å². The molecule has 0 radical (unpaired) electrons. The fourth-order valence-corrected chi connectivity index (χ4v) is 1.32. The van der Waals surface area contributed by atoms with Crippen LogP contribution in [-0.2, 0) is 6.54 Å². The number of aromatic nitrogens is 3.